The molecule has 0 rings (SSSR count). The summed E-state index contributed by atoms with van der Waals surface area (Å²) in [6.07, 6.45) is 4.36. The molecule has 3 heteroatoms. The van der Waals surface area contributed by atoms with E-state index in [2.05, 4.69) is 19.2 Å². The Morgan fingerprint density at radius 2 is 2.00 bits per heavy atom. The highest BCUT2D eigenvalue weighted by molar-refractivity contribution is 5.67. The minimum Gasteiger partial charge on any atom is -0.449 e. The van der Waals surface area contributed by atoms with E-state index in [9.17, 15) is 4.79 Å². The molecular weight excluding hydrogens is 190 g/mol. The molecule has 0 aromatic rings. The molecule has 3 nitrogen and oxygen atoms in total. The molecule has 0 radical (unpaired) electrons. The predicted molar refractivity (Wildman–Crippen MR) is 62.9 cm³/mol. The predicted octanol–water partition coefficient (Wildman–Crippen LogP) is 3.34. The van der Waals surface area contributed by atoms with Gasteiger partial charge >= 0.3 is 6.09 Å². The van der Waals surface area contributed by atoms with E-state index in [1.54, 1.807) is 0 Å². The number of nitrogens with one attached hydrogen (secondary N) is 1. The van der Waals surface area contributed by atoms with Gasteiger partial charge in [0.2, 0.25) is 0 Å². The minimum absolute atomic E-state index is 0.146. The lowest BCUT2D eigenvalue weighted by Gasteiger charge is -2.15. The largest absolute Gasteiger partial charge is 0.449 e. The molecule has 0 aliphatic heterocycles. The van der Waals surface area contributed by atoms with Gasteiger partial charge in [0.25, 0.3) is 0 Å². The smallest absolute Gasteiger partial charge is 0.407 e. The van der Waals surface area contributed by atoms with Gasteiger partial charge in [0, 0.05) is 6.04 Å². The molecule has 90 valence electrons. The van der Waals surface area contributed by atoms with Crippen molar-refractivity contribution in [3.8, 4) is 0 Å². The lowest BCUT2D eigenvalue weighted by atomic mass is 10.0. The van der Waals surface area contributed by atoms with Crippen LogP contribution in [0.15, 0.2) is 0 Å². The van der Waals surface area contributed by atoms with Crippen LogP contribution in [0, 0.1) is 5.92 Å². The summed E-state index contributed by atoms with van der Waals surface area (Å²) in [4.78, 5) is 11.2. The summed E-state index contributed by atoms with van der Waals surface area (Å²) < 4.78 is 5.15. The number of carbonyl (C=O) groups is 1. The van der Waals surface area contributed by atoms with E-state index in [0.717, 1.165) is 12.8 Å². The summed E-state index contributed by atoms with van der Waals surface area (Å²) in [5.74, 6) is 0.517. The number of carbonyl (C=O) groups excluding carboxylic acids is 1. The number of hydrogen-bond acceptors (Lipinski definition) is 2. The molecule has 0 aliphatic rings. The van der Waals surface area contributed by atoms with Crippen LogP contribution in [0.3, 0.4) is 0 Å². The SMILES string of the molecule is CCCCC(CC)COC(=O)NC(C)C. The maximum absolute atomic E-state index is 11.2. The van der Waals surface area contributed by atoms with E-state index in [4.69, 9.17) is 4.74 Å². The first-order valence-electron chi connectivity index (χ1n) is 6.03. The topological polar surface area (TPSA) is 38.3 Å². The van der Waals surface area contributed by atoms with Crippen molar-refractivity contribution >= 4 is 6.09 Å². The summed E-state index contributed by atoms with van der Waals surface area (Å²) in [7, 11) is 0. The van der Waals surface area contributed by atoms with E-state index < -0.39 is 0 Å². The third kappa shape index (κ3) is 8.28. The summed E-state index contributed by atoms with van der Waals surface area (Å²) in [5, 5.41) is 2.72. The van der Waals surface area contributed by atoms with Crippen LogP contribution in [0.2, 0.25) is 0 Å². The monoisotopic (exact) mass is 215 g/mol. The third-order valence-corrected chi connectivity index (χ3v) is 2.40. The molecule has 0 saturated carbocycles. The summed E-state index contributed by atoms with van der Waals surface area (Å²) in [6, 6.07) is 0.146. The van der Waals surface area contributed by atoms with Crippen LogP contribution in [0.1, 0.15) is 53.4 Å². The number of ether oxygens (including phenoxy) is 1. The van der Waals surface area contributed by atoms with Crippen molar-refractivity contribution in [2.24, 2.45) is 5.92 Å². The summed E-state index contributed by atoms with van der Waals surface area (Å²) in [6.45, 7) is 8.73. The molecule has 1 amide bonds. The van der Waals surface area contributed by atoms with Gasteiger partial charge in [-0.05, 0) is 26.2 Å². The van der Waals surface area contributed by atoms with Gasteiger partial charge in [0.15, 0.2) is 0 Å². The van der Waals surface area contributed by atoms with Crippen LogP contribution in [0.25, 0.3) is 0 Å². The second kappa shape index (κ2) is 8.57. The highest BCUT2D eigenvalue weighted by Crippen LogP contribution is 2.12. The Hall–Kier alpha value is -0.730. The van der Waals surface area contributed by atoms with Crippen LogP contribution < -0.4 is 5.32 Å². The Labute approximate surface area is 93.6 Å². The van der Waals surface area contributed by atoms with E-state index in [0.29, 0.717) is 12.5 Å². The summed E-state index contributed by atoms with van der Waals surface area (Å²) in [5.41, 5.74) is 0. The average molecular weight is 215 g/mol. The van der Waals surface area contributed by atoms with Crippen LogP contribution in [-0.2, 0) is 4.74 Å². The molecule has 1 atom stereocenters. The first-order valence-corrected chi connectivity index (χ1v) is 6.03. The molecule has 15 heavy (non-hydrogen) atoms. The van der Waals surface area contributed by atoms with Crippen LogP contribution >= 0.6 is 0 Å². The van der Waals surface area contributed by atoms with Crippen LogP contribution in [-0.4, -0.2) is 18.7 Å². The molecule has 0 spiro atoms. The Morgan fingerprint density at radius 1 is 1.33 bits per heavy atom. The Bertz CT molecular complexity index is 169. The number of amides is 1. The molecule has 1 N–H and O–H groups in total. The summed E-state index contributed by atoms with van der Waals surface area (Å²) >= 11 is 0. The van der Waals surface area contributed by atoms with Gasteiger partial charge in [-0.3, -0.25) is 0 Å². The fraction of sp³-hybridized carbons (Fsp3) is 0.917. The second-order valence-corrected chi connectivity index (χ2v) is 4.31. The van der Waals surface area contributed by atoms with E-state index in [1.165, 1.54) is 12.8 Å². The fourth-order valence-electron chi connectivity index (χ4n) is 1.37. The molecule has 0 saturated heterocycles. The maximum Gasteiger partial charge on any atom is 0.407 e. The van der Waals surface area contributed by atoms with Crippen molar-refractivity contribution in [3.05, 3.63) is 0 Å². The molecule has 1 unspecified atom stereocenters. The zero-order valence-corrected chi connectivity index (χ0v) is 10.5. The van der Waals surface area contributed by atoms with Gasteiger partial charge in [0.1, 0.15) is 0 Å². The Kier molecular flexibility index (Phi) is 8.15. The fourth-order valence-corrected chi connectivity index (χ4v) is 1.37. The van der Waals surface area contributed by atoms with Crippen molar-refractivity contribution in [1.82, 2.24) is 5.32 Å². The molecule has 0 fully saturated rings. The van der Waals surface area contributed by atoms with Gasteiger partial charge in [-0.2, -0.15) is 0 Å². The molecule has 0 aromatic heterocycles. The average Bonchev–Trinajstić information content (AvgIpc) is 2.17. The number of unbranched alkanes of at least 4 members (excludes halogenated alkanes) is 1. The van der Waals surface area contributed by atoms with Crippen LogP contribution in [0.5, 0.6) is 0 Å². The Morgan fingerprint density at radius 3 is 2.47 bits per heavy atom. The molecular formula is C12H25NO2. The van der Waals surface area contributed by atoms with Gasteiger partial charge < -0.3 is 10.1 Å². The number of rotatable bonds is 7. The highest BCUT2D eigenvalue weighted by atomic mass is 16.5. The number of alkyl carbamates (subject to hydrolysis) is 1. The highest BCUT2D eigenvalue weighted by Gasteiger charge is 2.10. The Balaban J connectivity index is 3.65. The van der Waals surface area contributed by atoms with E-state index >= 15 is 0 Å². The molecule has 0 heterocycles. The second-order valence-electron chi connectivity index (χ2n) is 4.31. The van der Waals surface area contributed by atoms with Gasteiger partial charge in [-0.25, -0.2) is 4.79 Å². The van der Waals surface area contributed by atoms with Crippen molar-refractivity contribution in [2.45, 2.75) is 59.4 Å². The van der Waals surface area contributed by atoms with Crippen molar-refractivity contribution < 1.29 is 9.53 Å². The maximum atomic E-state index is 11.2. The number of hydrogen-bond donors (Lipinski definition) is 1. The minimum atomic E-state index is -0.292. The van der Waals surface area contributed by atoms with Gasteiger partial charge in [-0.15, -0.1) is 0 Å². The van der Waals surface area contributed by atoms with Crippen molar-refractivity contribution in [3.63, 3.8) is 0 Å². The van der Waals surface area contributed by atoms with Gasteiger partial charge in [0.05, 0.1) is 6.61 Å². The molecule has 0 bridgehead atoms. The van der Waals surface area contributed by atoms with Crippen molar-refractivity contribution in [2.75, 3.05) is 6.61 Å². The third-order valence-electron chi connectivity index (χ3n) is 2.40. The standard InChI is InChI=1S/C12H25NO2/c1-5-7-8-11(6-2)9-15-12(14)13-10(3)4/h10-11H,5-9H2,1-4H3,(H,13,14). The first-order chi connectivity index (χ1) is 7.10. The lowest BCUT2D eigenvalue weighted by molar-refractivity contribution is 0.120. The van der Waals surface area contributed by atoms with Crippen molar-refractivity contribution in [1.29, 1.82) is 0 Å². The zero-order valence-electron chi connectivity index (χ0n) is 10.5. The lowest BCUT2D eigenvalue weighted by Crippen LogP contribution is -2.31. The molecule has 0 aliphatic carbocycles. The van der Waals surface area contributed by atoms with Crippen LogP contribution in [0.4, 0.5) is 4.79 Å². The molecule has 0 aromatic carbocycles. The quantitative estimate of drug-likeness (QED) is 0.707. The zero-order chi connectivity index (χ0) is 11.7. The van der Waals surface area contributed by atoms with E-state index in [-0.39, 0.29) is 12.1 Å². The normalized spacial score (nSPS) is 12.6. The first kappa shape index (κ1) is 14.3. The van der Waals surface area contributed by atoms with Gasteiger partial charge in [-0.1, -0.05) is 33.1 Å². The van der Waals surface area contributed by atoms with E-state index in [1.807, 2.05) is 13.8 Å².